The summed E-state index contributed by atoms with van der Waals surface area (Å²) in [4.78, 5) is 22.6. The van der Waals surface area contributed by atoms with Gasteiger partial charge < -0.3 is 20.3 Å². The van der Waals surface area contributed by atoms with E-state index in [1.54, 1.807) is 0 Å². The van der Waals surface area contributed by atoms with Gasteiger partial charge in [-0.25, -0.2) is 9.07 Å². The van der Waals surface area contributed by atoms with Crippen LogP contribution in [-0.2, 0) is 6.73 Å². The molecule has 2 atom stereocenters. The Morgan fingerprint density at radius 1 is 1.28 bits per heavy atom. The number of aliphatic hydroxyl groups is 2. The molecule has 3 rings (SSSR count). The maximum absolute atomic E-state index is 13.2. The van der Waals surface area contributed by atoms with Crippen LogP contribution in [0.5, 0.6) is 5.75 Å². The van der Waals surface area contributed by atoms with Gasteiger partial charge in [0.1, 0.15) is 23.4 Å². The number of benzene rings is 2. The molecule has 0 radical (unpaired) electrons. The Hall–Kier alpha value is -3.54. The van der Waals surface area contributed by atoms with Crippen molar-refractivity contribution in [3.8, 4) is 5.75 Å². The Labute approximate surface area is 186 Å². The second-order valence-corrected chi connectivity index (χ2v) is 7.05. The number of carbonyl (C=O) groups is 1. The first kappa shape index (κ1) is 23.1. The van der Waals surface area contributed by atoms with Gasteiger partial charge in [-0.3, -0.25) is 14.9 Å². The molecule has 10 nitrogen and oxygen atoms in total. The average molecular weight is 465 g/mol. The van der Waals surface area contributed by atoms with Crippen LogP contribution in [0.15, 0.2) is 54.7 Å². The van der Waals surface area contributed by atoms with Crippen molar-refractivity contribution in [1.29, 1.82) is 0 Å². The summed E-state index contributed by atoms with van der Waals surface area (Å²) in [5, 5.41) is 37.2. The van der Waals surface area contributed by atoms with Gasteiger partial charge in [-0.05, 0) is 35.9 Å². The Morgan fingerprint density at radius 2 is 2.00 bits per heavy atom. The lowest BCUT2D eigenvalue weighted by molar-refractivity contribution is -0.384. The van der Waals surface area contributed by atoms with Crippen molar-refractivity contribution in [1.82, 2.24) is 15.1 Å². The number of amides is 1. The number of hydrogen-bond acceptors (Lipinski definition) is 7. The normalized spacial score (nSPS) is 12.8. The van der Waals surface area contributed by atoms with E-state index in [4.69, 9.17) is 16.3 Å². The van der Waals surface area contributed by atoms with Crippen molar-refractivity contribution in [2.75, 3.05) is 6.61 Å². The molecule has 168 valence electrons. The van der Waals surface area contributed by atoms with Crippen LogP contribution >= 0.6 is 11.6 Å². The number of rotatable bonds is 9. The lowest BCUT2D eigenvalue weighted by Gasteiger charge is -2.22. The van der Waals surface area contributed by atoms with E-state index in [-0.39, 0.29) is 28.7 Å². The SMILES string of the molecule is O=C(NC(CO)C(O)c1ccc([N+](=O)[O-])cc1)c1ccn(COc2ccc(F)c(Cl)c2)n1. The smallest absolute Gasteiger partial charge is 0.272 e. The molecule has 0 aliphatic rings. The zero-order valence-corrected chi connectivity index (χ0v) is 17.1. The van der Waals surface area contributed by atoms with Gasteiger partial charge in [-0.2, -0.15) is 5.10 Å². The number of aromatic nitrogens is 2. The predicted octanol–water partition coefficient (Wildman–Crippen LogP) is 2.44. The van der Waals surface area contributed by atoms with E-state index in [0.717, 1.165) is 6.07 Å². The highest BCUT2D eigenvalue weighted by Crippen LogP contribution is 2.22. The highest BCUT2D eigenvalue weighted by atomic mass is 35.5. The maximum atomic E-state index is 13.2. The van der Waals surface area contributed by atoms with Crippen LogP contribution in [0.25, 0.3) is 0 Å². The second kappa shape index (κ2) is 10.2. The van der Waals surface area contributed by atoms with E-state index < -0.39 is 35.4 Å². The van der Waals surface area contributed by atoms with E-state index in [2.05, 4.69) is 10.4 Å². The van der Waals surface area contributed by atoms with Gasteiger partial charge >= 0.3 is 0 Å². The molecule has 1 heterocycles. The van der Waals surface area contributed by atoms with Gasteiger partial charge in [0.2, 0.25) is 0 Å². The molecule has 0 saturated heterocycles. The molecule has 0 fully saturated rings. The van der Waals surface area contributed by atoms with Gasteiger partial charge in [0.15, 0.2) is 6.73 Å². The molecule has 1 aromatic heterocycles. The third kappa shape index (κ3) is 5.58. The molecule has 1 amide bonds. The molecule has 2 aromatic carbocycles. The minimum absolute atomic E-state index is 0.0000815. The number of nitrogens with zero attached hydrogens (tertiary/aromatic N) is 3. The fourth-order valence-electron chi connectivity index (χ4n) is 2.75. The maximum Gasteiger partial charge on any atom is 0.272 e. The van der Waals surface area contributed by atoms with Crippen LogP contribution in [0.1, 0.15) is 22.2 Å². The standard InChI is InChI=1S/C20H18ClFN4O6/c21-15-9-14(5-6-16(15)22)32-11-25-8-7-17(24-25)20(29)23-18(10-27)19(28)12-1-3-13(4-2-12)26(30)31/h1-9,18-19,27-28H,10-11H2,(H,23,29). The number of aliphatic hydroxyl groups excluding tert-OH is 2. The van der Waals surface area contributed by atoms with Gasteiger partial charge in [0, 0.05) is 24.4 Å². The molecule has 3 N–H and O–H groups in total. The Morgan fingerprint density at radius 3 is 2.62 bits per heavy atom. The summed E-state index contributed by atoms with van der Waals surface area (Å²) in [6, 6.07) is 9.29. The summed E-state index contributed by atoms with van der Waals surface area (Å²) in [6.45, 7) is -0.664. The quantitative estimate of drug-likeness (QED) is 0.326. The predicted molar refractivity (Wildman–Crippen MR) is 111 cm³/mol. The molecule has 0 aliphatic heterocycles. The van der Waals surface area contributed by atoms with Crippen LogP contribution in [0.4, 0.5) is 10.1 Å². The summed E-state index contributed by atoms with van der Waals surface area (Å²) < 4.78 is 19.9. The summed E-state index contributed by atoms with van der Waals surface area (Å²) in [6.07, 6.45) is 0.166. The van der Waals surface area contributed by atoms with Crippen LogP contribution in [0, 0.1) is 15.9 Å². The largest absolute Gasteiger partial charge is 0.471 e. The van der Waals surface area contributed by atoms with Crippen LogP contribution < -0.4 is 10.1 Å². The lowest BCUT2D eigenvalue weighted by atomic mass is 10.0. The van der Waals surface area contributed by atoms with Gasteiger partial charge in [-0.1, -0.05) is 11.6 Å². The minimum atomic E-state index is -1.31. The number of ether oxygens (including phenoxy) is 1. The molecule has 32 heavy (non-hydrogen) atoms. The fourth-order valence-corrected chi connectivity index (χ4v) is 2.92. The van der Waals surface area contributed by atoms with Crippen molar-refractivity contribution in [3.63, 3.8) is 0 Å². The third-order valence-corrected chi connectivity index (χ3v) is 4.76. The van der Waals surface area contributed by atoms with Gasteiger partial charge in [-0.15, -0.1) is 0 Å². The molecular weight excluding hydrogens is 447 g/mol. The third-order valence-electron chi connectivity index (χ3n) is 4.47. The number of nitro benzene ring substituents is 1. The molecule has 0 bridgehead atoms. The molecule has 3 aromatic rings. The zero-order valence-electron chi connectivity index (χ0n) is 16.4. The number of hydrogen-bond donors (Lipinski definition) is 3. The first-order valence-electron chi connectivity index (χ1n) is 9.24. The highest BCUT2D eigenvalue weighted by molar-refractivity contribution is 6.30. The Balaban J connectivity index is 1.60. The molecule has 0 saturated carbocycles. The van der Waals surface area contributed by atoms with Crippen molar-refractivity contribution >= 4 is 23.2 Å². The van der Waals surface area contributed by atoms with Crippen LogP contribution in [-0.4, -0.2) is 43.5 Å². The Bertz CT molecular complexity index is 1110. The Kier molecular flexibility index (Phi) is 7.36. The summed E-state index contributed by atoms with van der Waals surface area (Å²) in [5.74, 6) is -0.926. The molecule has 0 spiro atoms. The minimum Gasteiger partial charge on any atom is -0.471 e. The van der Waals surface area contributed by atoms with E-state index in [9.17, 15) is 29.5 Å². The van der Waals surface area contributed by atoms with Crippen molar-refractivity contribution in [2.45, 2.75) is 18.9 Å². The first-order chi connectivity index (χ1) is 15.3. The molecule has 12 heteroatoms. The van der Waals surface area contributed by atoms with E-state index in [1.807, 2.05) is 0 Å². The molecule has 0 aliphatic carbocycles. The summed E-state index contributed by atoms with van der Waals surface area (Å²) in [7, 11) is 0. The first-order valence-corrected chi connectivity index (χ1v) is 9.61. The van der Waals surface area contributed by atoms with Gasteiger partial charge in [0.05, 0.1) is 22.6 Å². The number of nitro groups is 1. The van der Waals surface area contributed by atoms with Crippen molar-refractivity contribution in [3.05, 3.63) is 86.9 Å². The lowest BCUT2D eigenvalue weighted by Crippen LogP contribution is -2.42. The topological polar surface area (TPSA) is 140 Å². The summed E-state index contributed by atoms with van der Waals surface area (Å²) in [5.41, 5.74) is 0.133. The number of carbonyl (C=O) groups excluding carboxylic acids is 1. The highest BCUT2D eigenvalue weighted by Gasteiger charge is 2.24. The van der Waals surface area contributed by atoms with Gasteiger partial charge in [0.25, 0.3) is 11.6 Å². The average Bonchev–Trinajstić information content (AvgIpc) is 3.27. The monoisotopic (exact) mass is 464 g/mol. The molecule has 2 unspecified atom stereocenters. The van der Waals surface area contributed by atoms with E-state index in [0.29, 0.717) is 5.75 Å². The van der Waals surface area contributed by atoms with E-state index >= 15 is 0 Å². The van der Waals surface area contributed by atoms with Crippen LogP contribution in [0.2, 0.25) is 5.02 Å². The van der Waals surface area contributed by atoms with Crippen LogP contribution in [0.3, 0.4) is 0 Å². The fraction of sp³-hybridized carbons (Fsp3) is 0.200. The zero-order chi connectivity index (χ0) is 23.3. The number of nitrogens with one attached hydrogen (secondary N) is 1. The second-order valence-electron chi connectivity index (χ2n) is 6.65. The van der Waals surface area contributed by atoms with E-state index in [1.165, 1.54) is 53.3 Å². The molecular formula is C20H18ClFN4O6. The number of non-ortho nitro benzene ring substituents is 1. The van der Waals surface area contributed by atoms with Crippen molar-refractivity contribution < 1.29 is 29.1 Å². The summed E-state index contributed by atoms with van der Waals surface area (Å²) >= 11 is 5.69. The number of halogens is 2. The van der Waals surface area contributed by atoms with Crippen molar-refractivity contribution in [2.24, 2.45) is 0 Å².